The van der Waals surface area contributed by atoms with Gasteiger partial charge in [0.2, 0.25) is 0 Å². The quantitative estimate of drug-likeness (QED) is 0.248. The van der Waals surface area contributed by atoms with E-state index in [4.69, 9.17) is 9.15 Å². The number of hydrogen-bond acceptors (Lipinski definition) is 7. The van der Waals surface area contributed by atoms with Crippen molar-refractivity contribution in [3.8, 4) is 11.4 Å². The third-order valence-corrected chi connectivity index (χ3v) is 4.34. The van der Waals surface area contributed by atoms with Crippen molar-refractivity contribution in [3.05, 3.63) is 89.9 Å². The van der Waals surface area contributed by atoms with Crippen molar-refractivity contribution in [1.82, 2.24) is 20.2 Å². The molecule has 0 amide bonds. The van der Waals surface area contributed by atoms with E-state index in [0.717, 1.165) is 22.9 Å². The van der Waals surface area contributed by atoms with Gasteiger partial charge in [0.25, 0.3) is 0 Å². The van der Waals surface area contributed by atoms with Crippen LogP contribution in [0.5, 0.6) is 0 Å². The summed E-state index contributed by atoms with van der Waals surface area (Å²) in [7, 11) is 0. The van der Waals surface area contributed by atoms with Crippen LogP contribution < -0.4 is 0 Å². The second kappa shape index (κ2) is 9.13. The lowest BCUT2D eigenvalue weighted by Gasteiger charge is -2.09. The average Bonchev–Trinajstić information content (AvgIpc) is 3.50. The first kappa shape index (κ1) is 20.8. The summed E-state index contributed by atoms with van der Waals surface area (Å²) in [5.74, 6) is -3.33. The summed E-state index contributed by atoms with van der Waals surface area (Å²) in [6.45, 7) is -0.706. The monoisotopic (exact) mass is 436 g/mol. The van der Waals surface area contributed by atoms with E-state index >= 15 is 0 Å². The third-order valence-electron chi connectivity index (χ3n) is 4.34. The zero-order valence-corrected chi connectivity index (χ0v) is 16.3. The molecular formula is C22H14F2N4O4. The molecule has 2 aromatic carbocycles. The van der Waals surface area contributed by atoms with Gasteiger partial charge in [-0.2, -0.15) is 4.68 Å². The van der Waals surface area contributed by atoms with E-state index in [9.17, 15) is 18.4 Å². The van der Waals surface area contributed by atoms with Gasteiger partial charge >= 0.3 is 5.97 Å². The normalized spacial score (nSPS) is 11.4. The smallest absolute Gasteiger partial charge is 0.357 e. The molecule has 4 aromatic rings. The summed E-state index contributed by atoms with van der Waals surface area (Å²) in [5, 5.41) is 11.5. The Morgan fingerprint density at radius 2 is 1.84 bits per heavy atom. The summed E-state index contributed by atoms with van der Waals surface area (Å²) in [6.07, 6.45) is 2.77. The Kier molecular flexibility index (Phi) is 5.93. The SMILES string of the molecule is O=C(OCC(=O)c1ccc(F)c(F)c1)/C(=C/c1ccco1)n1nnnc1-c1ccccc1. The van der Waals surface area contributed by atoms with Gasteiger partial charge in [0.15, 0.2) is 35.5 Å². The number of nitrogens with zero attached hydrogens (tertiary/aromatic N) is 4. The molecule has 0 aliphatic rings. The first-order valence-electron chi connectivity index (χ1n) is 9.27. The third kappa shape index (κ3) is 4.48. The minimum Gasteiger partial charge on any atom is -0.465 e. The highest BCUT2D eigenvalue weighted by Crippen LogP contribution is 2.21. The number of benzene rings is 2. The first-order valence-corrected chi connectivity index (χ1v) is 9.27. The molecule has 0 bridgehead atoms. The molecule has 0 saturated carbocycles. The largest absolute Gasteiger partial charge is 0.465 e. The second-order valence-electron chi connectivity index (χ2n) is 6.45. The van der Waals surface area contributed by atoms with E-state index in [0.29, 0.717) is 11.3 Å². The number of carbonyl (C=O) groups is 2. The molecule has 0 aliphatic carbocycles. The molecule has 0 N–H and O–H groups in total. The molecule has 0 fully saturated rings. The molecule has 0 spiro atoms. The van der Waals surface area contributed by atoms with Crippen molar-refractivity contribution < 1.29 is 27.5 Å². The fourth-order valence-corrected chi connectivity index (χ4v) is 2.79. The minimum atomic E-state index is -1.18. The topological polar surface area (TPSA) is 100 Å². The van der Waals surface area contributed by atoms with E-state index in [1.54, 1.807) is 36.4 Å². The number of esters is 1. The molecule has 0 saturated heterocycles. The maximum Gasteiger partial charge on any atom is 0.357 e. The van der Waals surface area contributed by atoms with E-state index in [-0.39, 0.29) is 17.1 Å². The molecule has 0 radical (unpaired) electrons. The lowest BCUT2D eigenvalue weighted by molar-refractivity contribution is -0.136. The lowest BCUT2D eigenvalue weighted by Crippen LogP contribution is -2.19. The molecule has 10 heteroatoms. The number of carbonyl (C=O) groups excluding carboxylic acids is 2. The fraction of sp³-hybridized carbons (Fsp3) is 0.0455. The summed E-state index contributed by atoms with van der Waals surface area (Å²) in [5.41, 5.74) is 0.371. The van der Waals surface area contributed by atoms with Crippen molar-refractivity contribution in [2.75, 3.05) is 6.61 Å². The Morgan fingerprint density at radius 3 is 2.56 bits per heavy atom. The average molecular weight is 436 g/mol. The minimum absolute atomic E-state index is 0.123. The highest BCUT2D eigenvalue weighted by Gasteiger charge is 2.22. The predicted octanol–water partition coefficient (Wildman–Crippen LogP) is 3.64. The number of rotatable bonds is 7. The first-order chi connectivity index (χ1) is 15.5. The van der Waals surface area contributed by atoms with Crippen LogP contribution >= 0.6 is 0 Å². The number of ketones is 1. The molecule has 4 rings (SSSR count). The fourth-order valence-electron chi connectivity index (χ4n) is 2.79. The van der Waals surface area contributed by atoms with Gasteiger partial charge in [0.1, 0.15) is 5.76 Å². The summed E-state index contributed by atoms with van der Waals surface area (Å²) >= 11 is 0. The Bertz CT molecular complexity index is 1280. The van der Waals surface area contributed by atoms with E-state index in [1.165, 1.54) is 12.3 Å². The van der Waals surface area contributed by atoms with Gasteiger partial charge in [0, 0.05) is 17.2 Å². The predicted molar refractivity (Wildman–Crippen MR) is 108 cm³/mol. The number of ether oxygens (including phenoxy) is 1. The molecule has 0 atom stereocenters. The maximum absolute atomic E-state index is 13.4. The molecule has 0 aliphatic heterocycles. The number of furan rings is 1. The van der Waals surface area contributed by atoms with E-state index in [1.807, 2.05) is 6.07 Å². The number of tetrazole rings is 1. The van der Waals surface area contributed by atoms with Gasteiger partial charge in [-0.05, 0) is 40.8 Å². The van der Waals surface area contributed by atoms with Crippen molar-refractivity contribution in [3.63, 3.8) is 0 Å². The van der Waals surface area contributed by atoms with Crippen LogP contribution in [0.2, 0.25) is 0 Å². The van der Waals surface area contributed by atoms with Crippen LogP contribution in [0.1, 0.15) is 16.1 Å². The van der Waals surface area contributed by atoms with E-state index in [2.05, 4.69) is 15.5 Å². The molecule has 8 nitrogen and oxygen atoms in total. The Labute approximate surface area is 179 Å². The highest BCUT2D eigenvalue weighted by atomic mass is 19.2. The standard InChI is InChI=1S/C22H14F2N4O4/c23-17-9-8-15(11-18(17)24)20(29)13-32-22(30)19(12-16-7-4-10-31-16)28-21(25-26-27-28)14-5-2-1-3-6-14/h1-12H,13H2/b19-12-. The number of halogens is 2. The summed E-state index contributed by atoms with van der Waals surface area (Å²) in [6, 6.07) is 14.8. The molecular weight excluding hydrogens is 422 g/mol. The maximum atomic E-state index is 13.4. The van der Waals surface area contributed by atoms with Crippen molar-refractivity contribution in [1.29, 1.82) is 0 Å². The Balaban J connectivity index is 1.61. The Morgan fingerprint density at radius 1 is 1.03 bits per heavy atom. The lowest BCUT2D eigenvalue weighted by atomic mass is 10.1. The molecule has 160 valence electrons. The van der Waals surface area contributed by atoms with Gasteiger partial charge in [-0.1, -0.05) is 30.3 Å². The van der Waals surface area contributed by atoms with Crippen molar-refractivity contribution in [2.24, 2.45) is 0 Å². The number of Topliss-reactive ketones (excluding diaryl/α,β-unsaturated/α-hetero) is 1. The summed E-state index contributed by atoms with van der Waals surface area (Å²) < 4.78 is 38.0. The molecule has 2 aromatic heterocycles. The summed E-state index contributed by atoms with van der Waals surface area (Å²) in [4.78, 5) is 25.1. The zero-order chi connectivity index (χ0) is 22.5. The highest BCUT2D eigenvalue weighted by molar-refractivity contribution is 6.16. The van der Waals surface area contributed by atoms with Gasteiger partial charge in [-0.3, -0.25) is 4.79 Å². The zero-order valence-electron chi connectivity index (χ0n) is 16.3. The number of hydrogen-bond donors (Lipinski definition) is 0. The van der Waals surface area contributed by atoms with E-state index < -0.39 is 30.0 Å². The van der Waals surface area contributed by atoms with Crippen LogP contribution in [-0.4, -0.2) is 38.6 Å². The molecule has 0 unspecified atom stereocenters. The van der Waals surface area contributed by atoms with Crippen LogP contribution in [-0.2, 0) is 9.53 Å². The van der Waals surface area contributed by atoms with Crippen LogP contribution in [0.15, 0.2) is 71.3 Å². The van der Waals surface area contributed by atoms with Gasteiger partial charge < -0.3 is 9.15 Å². The van der Waals surface area contributed by atoms with Gasteiger partial charge in [-0.25, -0.2) is 13.6 Å². The van der Waals surface area contributed by atoms with Gasteiger partial charge in [-0.15, -0.1) is 5.10 Å². The van der Waals surface area contributed by atoms with Crippen LogP contribution in [0.4, 0.5) is 8.78 Å². The van der Waals surface area contributed by atoms with Crippen molar-refractivity contribution in [2.45, 2.75) is 0 Å². The van der Waals surface area contributed by atoms with Crippen LogP contribution in [0.25, 0.3) is 23.2 Å². The second-order valence-corrected chi connectivity index (χ2v) is 6.45. The Hall–Kier alpha value is -4.47. The van der Waals surface area contributed by atoms with Gasteiger partial charge in [0.05, 0.1) is 6.26 Å². The van der Waals surface area contributed by atoms with Crippen LogP contribution in [0.3, 0.4) is 0 Å². The van der Waals surface area contributed by atoms with Crippen LogP contribution in [0, 0.1) is 11.6 Å². The number of aromatic nitrogens is 4. The molecule has 2 heterocycles. The van der Waals surface area contributed by atoms with Crippen molar-refractivity contribution >= 4 is 23.5 Å². The molecule has 32 heavy (non-hydrogen) atoms.